The van der Waals surface area contributed by atoms with Crippen molar-refractivity contribution in [2.45, 2.75) is 12.6 Å². The SMILES string of the molecule is CSCCCN(C)c1cc(C(F)(F)F)cc(Cl)n1. The number of nitrogens with zero attached hydrogens (tertiary/aromatic N) is 2. The summed E-state index contributed by atoms with van der Waals surface area (Å²) in [7, 11) is 1.71. The Kier molecular flexibility index (Phi) is 5.59. The second kappa shape index (κ2) is 6.52. The van der Waals surface area contributed by atoms with E-state index in [2.05, 4.69) is 4.98 Å². The molecule has 1 heterocycles. The molecule has 0 bridgehead atoms. The summed E-state index contributed by atoms with van der Waals surface area (Å²) in [5.41, 5.74) is -0.769. The first-order chi connectivity index (χ1) is 8.34. The van der Waals surface area contributed by atoms with Crippen LogP contribution in [0, 0.1) is 0 Å². The third kappa shape index (κ3) is 4.57. The van der Waals surface area contributed by atoms with Crippen LogP contribution in [0.2, 0.25) is 5.15 Å². The highest BCUT2D eigenvalue weighted by Crippen LogP contribution is 2.32. The number of hydrogen-bond acceptors (Lipinski definition) is 3. The number of alkyl halides is 3. The fourth-order valence-electron chi connectivity index (χ4n) is 1.40. The third-order valence-electron chi connectivity index (χ3n) is 2.34. The van der Waals surface area contributed by atoms with E-state index in [1.54, 1.807) is 23.7 Å². The van der Waals surface area contributed by atoms with Gasteiger partial charge in [-0.25, -0.2) is 4.98 Å². The van der Waals surface area contributed by atoms with Crippen molar-refractivity contribution >= 4 is 29.2 Å². The van der Waals surface area contributed by atoms with Crippen molar-refractivity contribution in [3.63, 3.8) is 0 Å². The lowest BCUT2D eigenvalue weighted by atomic mass is 10.2. The molecule has 0 spiro atoms. The van der Waals surface area contributed by atoms with Crippen LogP contribution in [0.25, 0.3) is 0 Å². The van der Waals surface area contributed by atoms with Gasteiger partial charge in [0.25, 0.3) is 0 Å². The van der Waals surface area contributed by atoms with Crippen molar-refractivity contribution in [1.29, 1.82) is 0 Å². The topological polar surface area (TPSA) is 16.1 Å². The smallest absolute Gasteiger partial charge is 0.360 e. The van der Waals surface area contributed by atoms with E-state index in [0.29, 0.717) is 6.54 Å². The van der Waals surface area contributed by atoms with Crippen LogP contribution in [-0.4, -0.2) is 30.6 Å². The molecule has 18 heavy (non-hydrogen) atoms. The highest BCUT2D eigenvalue weighted by atomic mass is 35.5. The first-order valence-corrected chi connectivity index (χ1v) is 7.06. The minimum atomic E-state index is -4.40. The van der Waals surface area contributed by atoms with E-state index in [4.69, 9.17) is 11.6 Å². The Morgan fingerprint density at radius 3 is 2.61 bits per heavy atom. The highest BCUT2D eigenvalue weighted by molar-refractivity contribution is 7.98. The Morgan fingerprint density at radius 2 is 2.06 bits per heavy atom. The minimum absolute atomic E-state index is 0.142. The van der Waals surface area contributed by atoms with Gasteiger partial charge in [-0.15, -0.1) is 0 Å². The van der Waals surface area contributed by atoms with Gasteiger partial charge in [0, 0.05) is 13.6 Å². The maximum Gasteiger partial charge on any atom is 0.416 e. The van der Waals surface area contributed by atoms with E-state index < -0.39 is 11.7 Å². The number of anilines is 1. The van der Waals surface area contributed by atoms with Crippen molar-refractivity contribution in [1.82, 2.24) is 4.98 Å². The van der Waals surface area contributed by atoms with Gasteiger partial charge < -0.3 is 4.90 Å². The molecule has 0 aliphatic heterocycles. The van der Waals surface area contributed by atoms with Crippen molar-refractivity contribution in [3.8, 4) is 0 Å². The van der Waals surface area contributed by atoms with Crippen molar-refractivity contribution in [2.75, 3.05) is 30.5 Å². The van der Waals surface area contributed by atoms with E-state index in [-0.39, 0.29) is 11.0 Å². The van der Waals surface area contributed by atoms with Crippen LogP contribution in [0.1, 0.15) is 12.0 Å². The molecule has 0 atom stereocenters. The first-order valence-electron chi connectivity index (χ1n) is 5.29. The van der Waals surface area contributed by atoms with Gasteiger partial charge in [-0.05, 0) is 30.6 Å². The van der Waals surface area contributed by atoms with Gasteiger partial charge in [0.05, 0.1) is 5.56 Å². The summed E-state index contributed by atoms with van der Waals surface area (Å²) in [6.45, 7) is 0.644. The van der Waals surface area contributed by atoms with Crippen LogP contribution in [0.15, 0.2) is 12.1 Å². The first kappa shape index (κ1) is 15.4. The third-order valence-corrected chi connectivity index (χ3v) is 3.23. The summed E-state index contributed by atoms with van der Waals surface area (Å²) in [4.78, 5) is 5.59. The quantitative estimate of drug-likeness (QED) is 0.605. The monoisotopic (exact) mass is 298 g/mol. The fraction of sp³-hybridized carbons (Fsp3) is 0.545. The van der Waals surface area contributed by atoms with Crippen molar-refractivity contribution in [2.24, 2.45) is 0 Å². The molecule has 0 unspecified atom stereocenters. The van der Waals surface area contributed by atoms with Crippen molar-refractivity contribution < 1.29 is 13.2 Å². The van der Waals surface area contributed by atoms with Gasteiger partial charge in [0.1, 0.15) is 11.0 Å². The number of aromatic nitrogens is 1. The van der Waals surface area contributed by atoms with Crippen LogP contribution in [0.3, 0.4) is 0 Å². The predicted octanol–water partition coefficient (Wildman–Crippen LogP) is 3.94. The van der Waals surface area contributed by atoms with E-state index in [9.17, 15) is 13.2 Å². The van der Waals surface area contributed by atoms with Crippen LogP contribution in [-0.2, 0) is 6.18 Å². The molecule has 1 aromatic rings. The summed E-state index contributed by atoms with van der Waals surface area (Å²) in [6, 6.07) is 1.85. The van der Waals surface area contributed by atoms with Gasteiger partial charge in [0.2, 0.25) is 0 Å². The Labute approximate surface area is 114 Å². The Hall–Kier alpha value is -0.620. The van der Waals surface area contributed by atoms with Crippen LogP contribution in [0.4, 0.5) is 19.0 Å². The molecule has 102 valence electrons. The minimum Gasteiger partial charge on any atom is -0.360 e. The fourth-order valence-corrected chi connectivity index (χ4v) is 2.02. The van der Waals surface area contributed by atoms with E-state index >= 15 is 0 Å². The molecule has 1 aromatic heterocycles. The lowest BCUT2D eigenvalue weighted by Crippen LogP contribution is -2.21. The summed E-state index contributed by atoms with van der Waals surface area (Å²) in [5.74, 6) is 1.20. The number of halogens is 4. The van der Waals surface area contributed by atoms with Gasteiger partial charge in [-0.3, -0.25) is 0 Å². The molecular weight excluding hydrogens is 285 g/mol. The Balaban J connectivity index is 2.85. The maximum absolute atomic E-state index is 12.6. The maximum atomic E-state index is 12.6. The van der Waals surface area contributed by atoms with E-state index in [1.807, 2.05) is 6.26 Å². The number of thioether (sulfide) groups is 1. The molecule has 7 heteroatoms. The second-order valence-electron chi connectivity index (χ2n) is 3.80. The molecule has 0 saturated heterocycles. The normalized spacial score (nSPS) is 11.7. The largest absolute Gasteiger partial charge is 0.416 e. The number of hydrogen-bond donors (Lipinski definition) is 0. The number of rotatable bonds is 5. The molecule has 0 saturated carbocycles. The summed E-state index contributed by atoms with van der Waals surface area (Å²) in [5, 5.41) is -0.142. The lowest BCUT2D eigenvalue weighted by Gasteiger charge is -2.19. The van der Waals surface area contributed by atoms with Gasteiger partial charge >= 0.3 is 6.18 Å². The number of pyridine rings is 1. The van der Waals surface area contributed by atoms with Gasteiger partial charge in [-0.1, -0.05) is 11.6 Å². The molecule has 0 aliphatic carbocycles. The van der Waals surface area contributed by atoms with Crippen LogP contribution < -0.4 is 4.90 Å². The molecule has 0 N–H and O–H groups in total. The van der Waals surface area contributed by atoms with Gasteiger partial charge in [0.15, 0.2) is 0 Å². The van der Waals surface area contributed by atoms with Crippen molar-refractivity contribution in [3.05, 3.63) is 22.8 Å². The average molecular weight is 299 g/mol. The molecule has 0 fully saturated rings. The van der Waals surface area contributed by atoms with Gasteiger partial charge in [-0.2, -0.15) is 24.9 Å². The van der Waals surface area contributed by atoms with Crippen LogP contribution >= 0.6 is 23.4 Å². The summed E-state index contributed by atoms with van der Waals surface area (Å²) >= 11 is 7.32. The molecular formula is C11H14ClF3N2S. The molecule has 1 rings (SSSR count). The highest BCUT2D eigenvalue weighted by Gasteiger charge is 2.31. The lowest BCUT2D eigenvalue weighted by molar-refractivity contribution is -0.137. The Bertz CT molecular complexity index is 398. The molecule has 0 aromatic carbocycles. The summed E-state index contributed by atoms with van der Waals surface area (Å²) < 4.78 is 37.8. The van der Waals surface area contributed by atoms with E-state index in [1.165, 1.54) is 0 Å². The van der Waals surface area contributed by atoms with E-state index in [0.717, 1.165) is 24.3 Å². The zero-order valence-corrected chi connectivity index (χ0v) is 11.7. The Morgan fingerprint density at radius 1 is 1.39 bits per heavy atom. The molecule has 0 radical (unpaired) electrons. The molecule has 0 aliphatic rings. The standard InChI is InChI=1S/C11H14ClF3N2S/c1-17(4-3-5-18-2)10-7-8(11(13,14)15)6-9(12)16-10/h6-7H,3-5H2,1-2H3. The molecule has 0 amide bonds. The predicted molar refractivity (Wildman–Crippen MR) is 70.5 cm³/mol. The second-order valence-corrected chi connectivity index (χ2v) is 5.18. The van der Waals surface area contributed by atoms with Crippen LogP contribution in [0.5, 0.6) is 0 Å². The average Bonchev–Trinajstić information content (AvgIpc) is 2.27. The zero-order valence-electron chi connectivity index (χ0n) is 10.1. The summed E-state index contributed by atoms with van der Waals surface area (Å²) in [6.07, 6.45) is -1.53. The zero-order chi connectivity index (χ0) is 13.8. The molecule has 2 nitrogen and oxygen atoms in total.